The number of nitrogens with one attached hydrogen (secondary N) is 2. The maximum absolute atomic E-state index is 12.2. The molecule has 0 spiro atoms. The fourth-order valence-corrected chi connectivity index (χ4v) is 3.99. The summed E-state index contributed by atoms with van der Waals surface area (Å²) in [6.07, 6.45) is 3.73. The van der Waals surface area contributed by atoms with Crippen molar-refractivity contribution in [1.29, 1.82) is 0 Å². The normalized spacial score (nSPS) is 26.7. The second-order valence-corrected chi connectivity index (χ2v) is 6.95. The van der Waals surface area contributed by atoms with Gasteiger partial charge >= 0.3 is 0 Å². The highest BCUT2D eigenvalue weighted by molar-refractivity contribution is 7.10. The number of amides is 1. The van der Waals surface area contributed by atoms with E-state index in [-0.39, 0.29) is 24.4 Å². The molecule has 1 amide bonds. The minimum absolute atomic E-state index is 0. The molecule has 1 aromatic heterocycles. The van der Waals surface area contributed by atoms with E-state index in [9.17, 15) is 4.79 Å². The molecule has 21 heavy (non-hydrogen) atoms. The number of carbonyl (C=O) groups excluding carboxylic acids is 1. The van der Waals surface area contributed by atoms with Gasteiger partial charge < -0.3 is 10.6 Å². The molecule has 0 saturated carbocycles. The van der Waals surface area contributed by atoms with Crippen LogP contribution in [0.4, 0.5) is 0 Å². The first-order valence-corrected chi connectivity index (χ1v) is 8.40. The second kappa shape index (κ2) is 7.58. The Bertz CT molecular complexity index is 454. The lowest BCUT2D eigenvalue weighted by Gasteiger charge is -2.24. The van der Waals surface area contributed by atoms with Gasteiger partial charge in [-0.3, -0.25) is 9.69 Å². The molecule has 0 radical (unpaired) electrons. The summed E-state index contributed by atoms with van der Waals surface area (Å²) in [6, 6.07) is 5.48. The van der Waals surface area contributed by atoms with Crippen molar-refractivity contribution in [2.75, 3.05) is 19.6 Å². The van der Waals surface area contributed by atoms with E-state index >= 15 is 0 Å². The zero-order valence-electron chi connectivity index (χ0n) is 12.4. The maximum Gasteiger partial charge on any atom is 0.234 e. The fraction of sp³-hybridized carbons (Fsp3) is 0.667. The highest BCUT2D eigenvalue weighted by Gasteiger charge is 2.29. The van der Waals surface area contributed by atoms with Crippen LogP contribution in [0, 0.1) is 0 Å². The summed E-state index contributed by atoms with van der Waals surface area (Å²) in [5.41, 5.74) is 0. The number of likely N-dealkylation sites (tertiary alicyclic amines) is 1. The average molecular weight is 330 g/mol. The lowest BCUT2D eigenvalue weighted by molar-refractivity contribution is -0.122. The van der Waals surface area contributed by atoms with Gasteiger partial charge in [0.25, 0.3) is 0 Å². The molecule has 3 heterocycles. The van der Waals surface area contributed by atoms with Crippen LogP contribution in [0.15, 0.2) is 17.5 Å². The van der Waals surface area contributed by atoms with Crippen LogP contribution in [0.25, 0.3) is 0 Å². The standard InChI is InChI=1S/C15H23N3OS.ClH/c1-11(14-3-2-8-20-14)16-15(19)10-18-7-6-12-4-5-13(9-18)17-12;/h2-3,8,11-13,17H,4-7,9-10H2,1H3,(H,16,19);1H. The van der Waals surface area contributed by atoms with Gasteiger partial charge in [0, 0.05) is 30.1 Å². The van der Waals surface area contributed by atoms with Gasteiger partial charge in [-0.15, -0.1) is 23.7 Å². The number of rotatable bonds is 4. The van der Waals surface area contributed by atoms with E-state index in [0.29, 0.717) is 18.6 Å². The molecule has 2 bridgehead atoms. The van der Waals surface area contributed by atoms with E-state index in [1.807, 2.05) is 6.07 Å². The number of carbonyl (C=O) groups is 1. The third-order valence-electron chi connectivity index (χ3n) is 4.32. The zero-order valence-corrected chi connectivity index (χ0v) is 14.0. The third kappa shape index (κ3) is 4.42. The van der Waals surface area contributed by atoms with Crippen molar-refractivity contribution < 1.29 is 4.79 Å². The van der Waals surface area contributed by atoms with Crippen molar-refractivity contribution in [3.8, 4) is 0 Å². The Balaban J connectivity index is 0.00000161. The van der Waals surface area contributed by atoms with Gasteiger partial charge in [-0.2, -0.15) is 0 Å². The Morgan fingerprint density at radius 1 is 1.48 bits per heavy atom. The van der Waals surface area contributed by atoms with E-state index in [1.54, 1.807) is 11.3 Å². The summed E-state index contributed by atoms with van der Waals surface area (Å²) < 4.78 is 0. The molecule has 4 nitrogen and oxygen atoms in total. The number of thiophene rings is 1. The molecule has 2 aliphatic rings. The van der Waals surface area contributed by atoms with E-state index < -0.39 is 0 Å². The summed E-state index contributed by atoms with van der Waals surface area (Å²) in [7, 11) is 0. The largest absolute Gasteiger partial charge is 0.348 e. The van der Waals surface area contributed by atoms with Gasteiger partial charge in [0.1, 0.15) is 0 Å². The first-order valence-electron chi connectivity index (χ1n) is 7.52. The van der Waals surface area contributed by atoms with Crippen LogP contribution in [-0.2, 0) is 4.79 Å². The minimum atomic E-state index is 0. The average Bonchev–Trinajstić information content (AvgIpc) is 3.02. The van der Waals surface area contributed by atoms with Crippen molar-refractivity contribution in [2.45, 2.75) is 44.3 Å². The van der Waals surface area contributed by atoms with Gasteiger partial charge in [-0.1, -0.05) is 6.07 Å². The molecule has 3 atom stereocenters. The molecule has 2 fully saturated rings. The number of fused-ring (bicyclic) bond motifs is 2. The summed E-state index contributed by atoms with van der Waals surface area (Å²) in [5, 5.41) is 8.80. The van der Waals surface area contributed by atoms with Crippen molar-refractivity contribution in [3.63, 3.8) is 0 Å². The molecule has 118 valence electrons. The van der Waals surface area contributed by atoms with Crippen LogP contribution in [0.3, 0.4) is 0 Å². The molecule has 6 heteroatoms. The van der Waals surface area contributed by atoms with Gasteiger partial charge in [-0.05, 0) is 37.6 Å². The Hall–Kier alpha value is -0.620. The highest BCUT2D eigenvalue weighted by atomic mass is 35.5. The topological polar surface area (TPSA) is 44.4 Å². The van der Waals surface area contributed by atoms with Crippen molar-refractivity contribution in [1.82, 2.24) is 15.5 Å². The van der Waals surface area contributed by atoms with E-state index in [2.05, 4.69) is 33.9 Å². The Labute approximate surface area is 136 Å². The summed E-state index contributed by atoms with van der Waals surface area (Å²) in [4.78, 5) is 15.7. The number of hydrogen-bond acceptors (Lipinski definition) is 4. The molecular formula is C15H24ClN3OS. The predicted molar refractivity (Wildman–Crippen MR) is 89.1 cm³/mol. The Morgan fingerprint density at radius 2 is 2.29 bits per heavy atom. The zero-order chi connectivity index (χ0) is 13.9. The molecule has 3 rings (SSSR count). The Morgan fingerprint density at radius 3 is 3.05 bits per heavy atom. The molecular weight excluding hydrogens is 306 g/mol. The number of halogens is 1. The SMILES string of the molecule is CC(NC(=O)CN1CCC2CCC(C1)N2)c1cccs1.Cl. The van der Waals surface area contributed by atoms with Crippen LogP contribution in [0.1, 0.15) is 37.1 Å². The highest BCUT2D eigenvalue weighted by Crippen LogP contribution is 2.21. The summed E-state index contributed by atoms with van der Waals surface area (Å²) in [6.45, 7) is 4.63. The van der Waals surface area contributed by atoms with E-state index in [4.69, 9.17) is 0 Å². The van der Waals surface area contributed by atoms with Crippen LogP contribution in [-0.4, -0.2) is 42.5 Å². The minimum Gasteiger partial charge on any atom is -0.348 e. The van der Waals surface area contributed by atoms with Crippen molar-refractivity contribution >= 4 is 29.7 Å². The van der Waals surface area contributed by atoms with Gasteiger partial charge in [0.2, 0.25) is 5.91 Å². The smallest absolute Gasteiger partial charge is 0.234 e. The van der Waals surface area contributed by atoms with Crippen molar-refractivity contribution in [2.24, 2.45) is 0 Å². The fourth-order valence-electron chi connectivity index (χ4n) is 3.26. The first kappa shape index (κ1) is 16.7. The molecule has 0 aliphatic carbocycles. The van der Waals surface area contributed by atoms with Crippen LogP contribution < -0.4 is 10.6 Å². The second-order valence-electron chi connectivity index (χ2n) is 5.97. The molecule has 3 unspecified atom stereocenters. The number of nitrogens with zero attached hydrogens (tertiary/aromatic N) is 1. The lowest BCUT2D eigenvalue weighted by Crippen LogP contribution is -2.42. The van der Waals surface area contributed by atoms with Gasteiger partial charge in [0.15, 0.2) is 0 Å². The maximum atomic E-state index is 12.2. The molecule has 2 aliphatic heterocycles. The molecule has 0 aromatic carbocycles. The third-order valence-corrected chi connectivity index (χ3v) is 5.38. The molecule has 2 saturated heterocycles. The summed E-state index contributed by atoms with van der Waals surface area (Å²) >= 11 is 1.69. The number of hydrogen-bond donors (Lipinski definition) is 2. The van der Waals surface area contributed by atoms with Gasteiger partial charge in [-0.25, -0.2) is 0 Å². The van der Waals surface area contributed by atoms with Crippen molar-refractivity contribution in [3.05, 3.63) is 22.4 Å². The van der Waals surface area contributed by atoms with Crippen LogP contribution >= 0.6 is 23.7 Å². The lowest BCUT2D eigenvalue weighted by atomic mass is 10.1. The Kier molecular flexibility index (Phi) is 6.05. The molecule has 1 aromatic rings. The van der Waals surface area contributed by atoms with Crippen LogP contribution in [0.5, 0.6) is 0 Å². The van der Waals surface area contributed by atoms with Gasteiger partial charge in [0.05, 0.1) is 12.6 Å². The van der Waals surface area contributed by atoms with E-state index in [1.165, 1.54) is 24.1 Å². The monoisotopic (exact) mass is 329 g/mol. The first-order chi connectivity index (χ1) is 9.70. The predicted octanol–water partition coefficient (Wildman–Crippen LogP) is 2.17. The van der Waals surface area contributed by atoms with E-state index in [0.717, 1.165) is 13.1 Å². The van der Waals surface area contributed by atoms with Crippen LogP contribution in [0.2, 0.25) is 0 Å². The molecule has 2 N–H and O–H groups in total. The summed E-state index contributed by atoms with van der Waals surface area (Å²) in [5.74, 6) is 0.142. The quantitative estimate of drug-likeness (QED) is 0.890.